The summed E-state index contributed by atoms with van der Waals surface area (Å²) in [6.45, 7) is 0. The average Bonchev–Trinajstić information content (AvgIpc) is 3.01. The number of halogens is 1. The van der Waals surface area contributed by atoms with Gasteiger partial charge in [-0.15, -0.1) is 10.2 Å². The summed E-state index contributed by atoms with van der Waals surface area (Å²) in [6, 6.07) is 6.96. The van der Waals surface area contributed by atoms with E-state index in [1.807, 2.05) is 5.51 Å². The maximum Gasteiger partial charge on any atom is 0.147 e. The number of rotatable bonds is 1. The SMILES string of the molecule is I[C@@]12CCCC[C@@H]1CCc1ccc(-c3nncs3)cc12. The Morgan fingerprint density at radius 1 is 1.25 bits per heavy atom. The lowest BCUT2D eigenvalue weighted by Crippen LogP contribution is -2.36. The molecule has 2 atom stereocenters. The van der Waals surface area contributed by atoms with Crippen molar-refractivity contribution in [2.75, 3.05) is 0 Å². The standard InChI is InChI=1S/C16H17IN2S/c17-16-8-2-1-3-13(16)7-6-11-4-5-12(9-14(11)16)15-19-18-10-20-15/h4-5,9-10,13H,1-3,6-8H2/t13-,16+/m1/s1. The Bertz CT molecular complexity index is 625. The third-order valence-corrected chi connectivity index (χ3v) is 7.66. The fraction of sp³-hybridized carbons (Fsp3) is 0.500. The van der Waals surface area contributed by atoms with Gasteiger partial charge in [0.15, 0.2) is 0 Å². The molecular formula is C16H17IN2S. The highest BCUT2D eigenvalue weighted by Crippen LogP contribution is 2.54. The fourth-order valence-electron chi connectivity index (χ4n) is 3.88. The Kier molecular flexibility index (Phi) is 3.33. The van der Waals surface area contributed by atoms with Crippen LogP contribution in [0, 0.1) is 5.92 Å². The van der Waals surface area contributed by atoms with E-state index in [1.165, 1.54) is 44.1 Å². The van der Waals surface area contributed by atoms with Crippen molar-refractivity contribution in [1.82, 2.24) is 10.2 Å². The lowest BCUT2D eigenvalue weighted by molar-refractivity contribution is 0.260. The zero-order valence-electron chi connectivity index (χ0n) is 11.3. The molecule has 2 aromatic rings. The van der Waals surface area contributed by atoms with Crippen molar-refractivity contribution in [3.05, 3.63) is 34.8 Å². The van der Waals surface area contributed by atoms with Crippen LogP contribution in [0.15, 0.2) is 23.7 Å². The van der Waals surface area contributed by atoms with E-state index in [9.17, 15) is 0 Å². The van der Waals surface area contributed by atoms with E-state index in [2.05, 4.69) is 51.0 Å². The van der Waals surface area contributed by atoms with Crippen LogP contribution in [0.25, 0.3) is 10.6 Å². The van der Waals surface area contributed by atoms with Crippen LogP contribution in [0.4, 0.5) is 0 Å². The molecule has 1 aromatic carbocycles. The van der Waals surface area contributed by atoms with Gasteiger partial charge in [0, 0.05) is 5.56 Å². The molecule has 4 rings (SSSR count). The minimum absolute atomic E-state index is 0.365. The van der Waals surface area contributed by atoms with Gasteiger partial charge in [-0.2, -0.15) is 0 Å². The van der Waals surface area contributed by atoms with Crippen molar-refractivity contribution in [3.8, 4) is 10.6 Å². The fourth-order valence-corrected chi connectivity index (χ4v) is 5.93. The van der Waals surface area contributed by atoms with E-state index in [4.69, 9.17) is 0 Å². The van der Waals surface area contributed by atoms with Crippen molar-refractivity contribution in [3.63, 3.8) is 0 Å². The number of hydrogen-bond donors (Lipinski definition) is 0. The van der Waals surface area contributed by atoms with E-state index in [-0.39, 0.29) is 0 Å². The van der Waals surface area contributed by atoms with Crippen molar-refractivity contribution >= 4 is 33.9 Å². The van der Waals surface area contributed by atoms with Gasteiger partial charge in [0.05, 0.1) is 3.42 Å². The van der Waals surface area contributed by atoms with Crippen LogP contribution in [0.5, 0.6) is 0 Å². The van der Waals surface area contributed by atoms with Gasteiger partial charge in [-0.25, -0.2) is 0 Å². The van der Waals surface area contributed by atoms with Crippen LogP contribution in [0.3, 0.4) is 0 Å². The number of benzene rings is 1. The molecule has 2 aliphatic carbocycles. The predicted octanol–water partition coefficient (Wildman–Crippen LogP) is 4.97. The van der Waals surface area contributed by atoms with Crippen LogP contribution in [0.1, 0.15) is 43.2 Å². The van der Waals surface area contributed by atoms with Crippen molar-refractivity contribution in [2.45, 2.75) is 41.9 Å². The number of aromatic nitrogens is 2. The molecule has 0 spiro atoms. The zero-order valence-corrected chi connectivity index (χ0v) is 14.3. The van der Waals surface area contributed by atoms with Crippen molar-refractivity contribution in [2.24, 2.45) is 5.92 Å². The van der Waals surface area contributed by atoms with E-state index < -0.39 is 0 Å². The second-order valence-electron chi connectivity index (χ2n) is 5.96. The second kappa shape index (κ2) is 5.05. The summed E-state index contributed by atoms with van der Waals surface area (Å²) in [5.41, 5.74) is 6.21. The third kappa shape index (κ3) is 2.03. The molecule has 0 aliphatic heterocycles. The quantitative estimate of drug-likeness (QED) is 0.502. The highest BCUT2D eigenvalue weighted by atomic mass is 127. The van der Waals surface area contributed by atoms with Gasteiger partial charge in [-0.05, 0) is 48.8 Å². The molecule has 0 radical (unpaired) electrons. The van der Waals surface area contributed by atoms with Gasteiger partial charge >= 0.3 is 0 Å². The predicted molar refractivity (Wildman–Crippen MR) is 91.3 cm³/mol. The second-order valence-corrected chi connectivity index (χ2v) is 8.72. The molecule has 2 aliphatic rings. The molecule has 1 fully saturated rings. The van der Waals surface area contributed by atoms with E-state index in [0.717, 1.165) is 10.9 Å². The molecule has 2 nitrogen and oxygen atoms in total. The highest BCUT2D eigenvalue weighted by molar-refractivity contribution is 14.1. The number of hydrogen-bond acceptors (Lipinski definition) is 3. The van der Waals surface area contributed by atoms with Gasteiger partial charge in [0.1, 0.15) is 10.5 Å². The van der Waals surface area contributed by atoms with E-state index >= 15 is 0 Å². The van der Waals surface area contributed by atoms with Gasteiger partial charge < -0.3 is 0 Å². The lowest BCUT2D eigenvalue weighted by Gasteiger charge is -2.45. The summed E-state index contributed by atoms with van der Waals surface area (Å²) < 4.78 is 0.365. The Balaban J connectivity index is 1.83. The molecule has 1 aromatic heterocycles. The highest BCUT2D eigenvalue weighted by Gasteiger charge is 2.43. The average molecular weight is 396 g/mol. The third-order valence-electron chi connectivity index (χ3n) is 4.92. The molecular weight excluding hydrogens is 379 g/mol. The molecule has 20 heavy (non-hydrogen) atoms. The van der Waals surface area contributed by atoms with Crippen molar-refractivity contribution < 1.29 is 0 Å². The van der Waals surface area contributed by atoms with Crippen molar-refractivity contribution in [1.29, 1.82) is 0 Å². The summed E-state index contributed by atoms with van der Waals surface area (Å²) in [4.78, 5) is 0. The molecule has 1 heterocycles. The molecule has 0 saturated heterocycles. The molecule has 0 unspecified atom stereocenters. The van der Waals surface area contributed by atoms with Crippen LogP contribution in [-0.4, -0.2) is 10.2 Å². The first kappa shape index (κ1) is 13.2. The zero-order chi connectivity index (χ0) is 13.6. The summed E-state index contributed by atoms with van der Waals surface area (Å²) in [5, 5.41) is 9.25. The monoisotopic (exact) mass is 396 g/mol. The van der Waals surface area contributed by atoms with E-state index in [1.54, 1.807) is 22.5 Å². The van der Waals surface area contributed by atoms with E-state index in [0.29, 0.717) is 3.42 Å². The van der Waals surface area contributed by atoms with Gasteiger partial charge in [-0.1, -0.05) is 58.9 Å². The Labute approximate surface area is 137 Å². The van der Waals surface area contributed by atoms with Crippen LogP contribution < -0.4 is 0 Å². The first-order valence-corrected chi connectivity index (χ1v) is 9.32. The van der Waals surface area contributed by atoms with Crippen LogP contribution >= 0.6 is 33.9 Å². The summed E-state index contributed by atoms with van der Waals surface area (Å²) >= 11 is 4.39. The van der Waals surface area contributed by atoms with Crippen LogP contribution in [-0.2, 0) is 9.84 Å². The lowest BCUT2D eigenvalue weighted by atomic mass is 9.68. The van der Waals surface area contributed by atoms with Gasteiger partial charge in [-0.3, -0.25) is 0 Å². The van der Waals surface area contributed by atoms with Gasteiger partial charge in [0.25, 0.3) is 0 Å². The molecule has 4 heteroatoms. The number of alkyl halides is 1. The molecule has 0 N–H and O–H groups in total. The Morgan fingerprint density at radius 2 is 2.20 bits per heavy atom. The molecule has 104 valence electrons. The number of fused-ring (bicyclic) bond motifs is 3. The van der Waals surface area contributed by atoms with Crippen LogP contribution in [0.2, 0.25) is 0 Å². The minimum Gasteiger partial charge on any atom is -0.147 e. The first-order chi connectivity index (χ1) is 9.77. The number of aryl methyl sites for hydroxylation is 1. The Hall–Kier alpha value is -0.490. The number of nitrogens with zero attached hydrogens (tertiary/aromatic N) is 2. The van der Waals surface area contributed by atoms with Gasteiger partial charge in [0.2, 0.25) is 0 Å². The largest absolute Gasteiger partial charge is 0.147 e. The summed E-state index contributed by atoms with van der Waals surface area (Å²) in [5.74, 6) is 0.869. The molecule has 0 bridgehead atoms. The first-order valence-electron chi connectivity index (χ1n) is 7.36. The smallest absolute Gasteiger partial charge is 0.147 e. The summed E-state index contributed by atoms with van der Waals surface area (Å²) in [6.07, 6.45) is 8.16. The normalized spacial score (nSPS) is 28.8. The Morgan fingerprint density at radius 3 is 3.05 bits per heavy atom. The molecule has 0 amide bonds. The summed E-state index contributed by atoms with van der Waals surface area (Å²) in [7, 11) is 0. The minimum atomic E-state index is 0.365. The maximum absolute atomic E-state index is 4.23. The topological polar surface area (TPSA) is 25.8 Å². The molecule has 1 saturated carbocycles. The maximum atomic E-state index is 4.23.